The number of hydrogen-bond acceptors (Lipinski definition) is 3. The van der Waals surface area contributed by atoms with Crippen molar-refractivity contribution in [1.82, 2.24) is 14.8 Å². The third kappa shape index (κ3) is 3.82. The minimum absolute atomic E-state index is 0.185. The Balaban J connectivity index is 1.67. The molecule has 2 aromatic rings. The molecule has 0 N–H and O–H groups in total. The molecule has 4 nitrogen and oxygen atoms in total. The van der Waals surface area contributed by atoms with Crippen LogP contribution in [0.15, 0.2) is 48.8 Å². The summed E-state index contributed by atoms with van der Waals surface area (Å²) in [6.45, 7) is 2.88. The van der Waals surface area contributed by atoms with Crippen molar-refractivity contribution in [1.29, 1.82) is 0 Å². The van der Waals surface area contributed by atoms with Gasteiger partial charge in [0.05, 0.1) is 0 Å². The molecule has 1 aliphatic rings. The molecule has 24 heavy (non-hydrogen) atoms. The minimum Gasteiger partial charge on any atom is -0.349 e. The van der Waals surface area contributed by atoms with E-state index < -0.39 is 0 Å². The third-order valence-corrected chi connectivity index (χ3v) is 4.76. The topological polar surface area (TPSA) is 36.4 Å². The summed E-state index contributed by atoms with van der Waals surface area (Å²) in [5, 5.41) is 0. The van der Waals surface area contributed by atoms with Crippen molar-refractivity contribution < 1.29 is 4.79 Å². The van der Waals surface area contributed by atoms with E-state index in [2.05, 4.69) is 40.2 Å². The number of benzene rings is 1. The van der Waals surface area contributed by atoms with Crippen LogP contribution in [0.5, 0.6) is 0 Å². The molecule has 0 atom stereocenters. The molecule has 4 heteroatoms. The van der Waals surface area contributed by atoms with Crippen LogP contribution in [0, 0.1) is 5.92 Å². The summed E-state index contributed by atoms with van der Waals surface area (Å²) >= 11 is 0. The van der Waals surface area contributed by atoms with E-state index in [0.717, 1.165) is 38.0 Å². The molecular formula is C20H25N3O. The van der Waals surface area contributed by atoms with Crippen LogP contribution in [-0.2, 0) is 11.3 Å². The molecule has 1 aliphatic heterocycles. The molecular weight excluding hydrogens is 298 g/mol. The normalized spacial score (nSPS) is 16.1. The fourth-order valence-corrected chi connectivity index (χ4v) is 3.41. The fourth-order valence-electron chi connectivity index (χ4n) is 3.41. The van der Waals surface area contributed by atoms with E-state index in [-0.39, 0.29) is 11.8 Å². The maximum absolute atomic E-state index is 12.1. The smallest absolute Gasteiger partial charge is 0.225 e. The Morgan fingerprint density at radius 1 is 1.17 bits per heavy atom. The van der Waals surface area contributed by atoms with Crippen molar-refractivity contribution in [2.75, 3.05) is 27.2 Å². The zero-order chi connectivity index (χ0) is 16.9. The van der Waals surface area contributed by atoms with Crippen LogP contribution < -0.4 is 0 Å². The van der Waals surface area contributed by atoms with E-state index >= 15 is 0 Å². The predicted octanol–water partition coefficient (Wildman–Crippen LogP) is 3.05. The number of carbonyl (C=O) groups excluding carboxylic acids is 1. The lowest BCUT2D eigenvalue weighted by molar-refractivity contribution is -0.134. The number of rotatable bonds is 4. The van der Waals surface area contributed by atoms with E-state index in [9.17, 15) is 4.79 Å². The number of nitrogens with zero attached hydrogens (tertiary/aromatic N) is 3. The molecule has 0 unspecified atom stereocenters. The molecule has 1 aromatic carbocycles. The fraction of sp³-hybridized carbons (Fsp3) is 0.400. The lowest BCUT2D eigenvalue weighted by Crippen LogP contribution is -2.39. The van der Waals surface area contributed by atoms with Gasteiger partial charge in [0, 0.05) is 44.5 Å². The van der Waals surface area contributed by atoms with E-state index in [0.29, 0.717) is 0 Å². The second-order valence-corrected chi connectivity index (χ2v) is 6.68. The first-order valence-corrected chi connectivity index (χ1v) is 8.57. The van der Waals surface area contributed by atoms with Gasteiger partial charge in [-0.3, -0.25) is 14.7 Å². The average molecular weight is 323 g/mol. The first-order chi connectivity index (χ1) is 11.6. The predicted molar refractivity (Wildman–Crippen MR) is 96.4 cm³/mol. The number of pyridine rings is 1. The van der Waals surface area contributed by atoms with Gasteiger partial charge in [0.2, 0.25) is 5.91 Å². The molecule has 0 aliphatic carbocycles. The maximum atomic E-state index is 12.1. The van der Waals surface area contributed by atoms with Gasteiger partial charge in [0.1, 0.15) is 0 Å². The van der Waals surface area contributed by atoms with Crippen LogP contribution in [0.25, 0.3) is 11.1 Å². The lowest BCUT2D eigenvalue weighted by atomic mass is 9.94. The number of aromatic nitrogens is 1. The Labute approximate surface area is 144 Å². The molecule has 1 saturated heterocycles. The van der Waals surface area contributed by atoms with E-state index in [4.69, 9.17) is 0 Å². The van der Waals surface area contributed by atoms with Crippen molar-refractivity contribution in [2.45, 2.75) is 19.4 Å². The molecule has 0 radical (unpaired) electrons. The van der Waals surface area contributed by atoms with Gasteiger partial charge in [-0.05, 0) is 43.1 Å². The van der Waals surface area contributed by atoms with Crippen LogP contribution in [0.2, 0.25) is 0 Å². The van der Waals surface area contributed by atoms with Crippen molar-refractivity contribution in [2.24, 2.45) is 5.92 Å². The van der Waals surface area contributed by atoms with E-state index in [1.165, 1.54) is 11.1 Å². The molecule has 0 saturated carbocycles. The number of hydrogen-bond donors (Lipinski definition) is 0. The van der Waals surface area contributed by atoms with Crippen molar-refractivity contribution in [3.63, 3.8) is 0 Å². The number of likely N-dealkylation sites (tertiary alicyclic amines) is 1. The summed E-state index contributed by atoms with van der Waals surface area (Å²) in [4.78, 5) is 20.5. The Morgan fingerprint density at radius 3 is 2.58 bits per heavy atom. The van der Waals surface area contributed by atoms with Crippen molar-refractivity contribution in [3.8, 4) is 11.1 Å². The van der Waals surface area contributed by atoms with Gasteiger partial charge in [-0.15, -0.1) is 0 Å². The number of amides is 1. The third-order valence-electron chi connectivity index (χ3n) is 4.76. The Kier molecular flexibility index (Phi) is 5.26. The summed E-state index contributed by atoms with van der Waals surface area (Å²) in [5.41, 5.74) is 3.73. The zero-order valence-corrected chi connectivity index (χ0v) is 14.5. The molecule has 1 fully saturated rings. The quantitative estimate of drug-likeness (QED) is 0.868. The number of carbonyl (C=O) groups is 1. The second-order valence-electron chi connectivity index (χ2n) is 6.68. The average Bonchev–Trinajstić information content (AvgIpc) is 2.63. The van der Waals surface area contributed by atoms with Gasteiger partial charge >= 0.3 is 0 Å². The molecule has 3 rings (SSSR count). The second kappa shape index (κ2) is 7.58. The highest BCUT2D eigenvalue weighted by Gasteiger charge is 2.26. The summed E-state index contributed by atoms with van der Waals surface area (Å²) < 4.78 is 0. The molecule has 0 bridgehead atoms. The number of piperidine rings is 1. The van der Waals surface area contributed by atoms with Crippen LogP contribution in [0.4, 0.5) is 0 Å². The molecule has 0 spiro atoms. The largest absolute Gasteiger partial charge is 0.349 e. The van der Waals surface area contributed by atoms with Gasteiger partial charge in [0.15, 0.2) is 0 Å². The van der Waals surface area contributed by atoms with Crippen LogP contribution >= 0.6 is 0 Å². The molecule has 1 amide bonds. The first kappa shape index (κ1) is 16.7. The van der Waals surface area contributed by atoms with Crippen LogP contribution in [0.3, 0.4) is 0 Å². The summed E-state index contributed by atoms with van der Waals surface area (Å²) in [6.07, 6.45) is 5.62. The van der Waals surface area contributed by atoms with Crippen LogP contribution in [0.1, 0.15) is 18.4 Å². The highest BCUT2D eigenvalue weighted by molar-refractivity contribution is 5.78. The van der Waals surface area contributed by atoms with Gasteiger partial charge in [-0.2, -0.15) is 0 Å². The molecule has 2 heterocycles. The Bertz CT molecular complexity index is 676. The van der Waals surface area contributed by atoms with Crippen molar-refractivity contribution >= 4 is 5.91 Å². The van der Waals surface area contributed by atoms with E-state index in [1.807, 2.05) is 26.4 Å². The van der Waals surface area contributed by atoms with Gasteiger partial charge in [0.25, 0.3) is 0 Å². The minimum atomic E-state index is 0.185. The monoisotopic (exact) mass is 323 g/mol. The summed E-state index contributed by atoms with van der Waals surface area (Å²) in [6, 6.07) is 12.6. The highest BCUT2D eigenvalue weighted by Crippen LogP contribution is 2.26. The maximum Gasteiger partial charge on any atom is 0.225 e. The highest BCUT2D eigenvalue weighted by atomic mass is 16.2. The Morgan fingerprint density at radius 2 is 1.92 bits per heavy atom. The van der Waals surface area contributed by atoms with Gasteiger partial charge < -0.3 is 4.90 Å². The first-order valence-electron chi connectivity index (χ1n) is 8.57. The lowest BCUT2D eigenvalue weighted by Gasteiger charge is -2.32. The molecule has 1 aromatic heterocycles. The zero-order valence-electron chi connectivity index (χ0n) is 14.5. The van der Waals surface area contributed by atoms with E-state index in [1.54, 1.807) is 11.1 Å². The van der Waals surface area contributed by atoms with Gasteiger partial charge in [-0.1, -0.05) is 30.3 Å². The summed E-state index contributed by atoms with van der Waals surface area (Å²) in [5.74, 6) is 0.454. The standard InChI is InChI=1S/C20H25N3O/c1-22(2)20(24)16-9-12-23(13-10-16)15-18-6-3-4-8-19(18)17-7-5-11-21-14-17/h3-8,11,14,16H,9-10,12-13,15H2,1-2H3. The van der Waals surface area contributed by atoms with Crippen molar-refractivity contribution in [3.05, 3.63) is 54.4 Å². The SMILES string of the molecule is CN(C)C(=O)C1CCN(Cc2ccccc2-c2cccnc2)CC1. The summed E-state index contributed by atoms with van der Waals surface area (Å²) in [7, 11) is 3.69. The van der Waals surface area contributed by atoms with Gasteiger partial charge in [-0.25, -0.2) is 0 Å². The molecule has 126 valence electrons. The Hall–Kier alpha value is -2.20. The van der Waals surface area contributed by atoms with Crippen LogP contribution in [-0.4, -0.2) is 47.9 Å².